The van der Waals surface area contributed by atoms with Gasteiger partial charge in [0.15, 0.2) is 16.9 Å². The first-order valence-corrected chi connectivity index (χ1v) is 10.9. The van der Waals surface area contributed by atoms with Crippen LogP contribution in [-0.4, -0.2) is 17.6 Å². The van der Waals surface area contributed by atoms with Crippen LogP contribution in [0.5, 0.6) is 11.5 Å². The summed E-state index contributed by atoms with van der Waals surface area (Å²) >= 11 is 0. The standard InChI is InChI=1S/C27H20FNO5/c1-14-9-19-21(10-15(14)2)34-26-23(25(19)30)24(17-4-6-18(28)7-5-17)29(27(26)31)12-16-3-8-20-22(11-16)33-13-32-20/h3-11,24H,12-13H2,1-2H3. The Labute approximate surface area is 194 Å². The molecule has 3 heterocycles. The van der Waals surface area contributed by atoms with Gasteiger partial charge >= 0.3 is 0 Å². The Balaban J connectivity index is 1.53. The molecule has 0 aliphatic carbocycles. The molecule has 6 nitrogen and oxygen atoms in total. The van der Waals surface area contributed by atoms with Gasteiger partial charge in [-0.05, 0) is 72.5 Å². The lowest BCUT2D eigenvalue weighted by atomic mass is 9.97. The molecule has 6 rings (SSSR count). The monoisotopic (exact) mass is 457 g/mol. The smallest absolute Gasteiger partial charge is 0.291 e. The third-order valence-electron chi connectivity index (χ3n) is 6.56. The summed E-state index contributed by atoms with van der Waals surface area (Å²) in [6.07, 6.45) is 0. The van der Waals surface area contributed by atoms with Crippen molar-refractivity contribution < 1.29 is 23.1 Å². The zero-order valence-corrected chi connectivity index (χ0v) is 18.6. The minimum Gasteiger partial charge on any atom is -0.454 e. The van der Waals surface area contributed by atoms with Gasteiger partial charge in [-0.1, -0.05) is 18.2 Å². The Morgan fingerprint density at radius 3 is 2.47 bits per heavy atom. The van der Waals surface area contributed by atoms with Crippen LogP contribution >= 0.6 is 0 Å². The number of fused-ring (bicyclic) bond motifs is 3. The average Bonchev–Trinajstić information content (AvgIpc) is 3.39. The third-order valence-corrected chi connectivity index (χ3v) is 6.56. The fourth-order valence-corrected chi connectivity index (χ4v) is 4.67. The van der Waals surface area contributed by atoms with Gasteiger partial charge in [-0.2, -0.15) is 0 Å². The van der Waals surface area contributed by atoms with Crippen molar-refractivity contribution in [1.82, 2.24) is 4.90 Å². The first-order valence-electron chi connectivity index (χ1n) is 10.9. The molecule has 4 aromatic rings. The van der Waals surface area contributed by atoms with Crippen molar-refractivity contribution in [3.05, 3.63) is 104 Å². The van der Waals surface area contributed by atoms with Crippen LogP contribution in [0, 0.1) is 19.7 Å². The molecule has 0 fully saturated rings. The lowest BCUT2D eigenvalue weighted by molar-refractivity contribution is 0.0714. The molecular formula is C27H20FNO5. The highest BCUT2D eigenvalue weighted by atomic mass is 19.1. The molecule has 0 radical (unpaired) electrons. The van der Waals surface area contributed by atoms with E-state index in [1.54, 1.807) is 35.2 Å². The van der Waals surface area contributed by atoms with Crippen LogP contribution < -0.4 is 14.9 Å². The summed E-state index contributed by atoms with van der Waals surface area (Å²) in [7, 11) is 0. The minimum atomic E-state index is -0.712. The van der Waals surface area contributed by atoms with Crippen LogP contribution in [0.1, 0.15) is 44.4 Å². The number of halogens is 1. The van der Waals surface area contributed by atoms with Gasteiger partial charge in [0.25, 0.3) is 5.91 Å². The van der Waals surface area contributed by atoms with E-state index in [4.69, 9.17) is 13.9 Å². The van der Waals surface area contributed by atoms with E-state index in [2.05, 4.69) is 0 Å². The summed E-state index contributed by atoms with van der Waals surface area (Å²) in [6.45, 7) is 4.21. The van der Waals surface area contributed by atoms with Crippen LogP contribution in [0.2, 0.25) is 0 Å². The van der Waals surface area contributed by atoms with Gasteiger partial charge in [-0.15, -0.1) is 0 Å². The van der Waals surface area contributed by atoms with Gasteiger partial charge in [0.2, 0.25) is 12.6 Å². The number of benzene rings is 3. The first kappa shape index (κ1) is 20.5. The number of rotatable bonds is 3. The largest absolute Gasteiger partial charge is 0.454 e. The van der Waals surface area contributed by atoms with Gasteiger partial charge in [0.05, 0.1) is 17.0 Å². The van der Waals surface area contributed by atoms with Gasteiger partial charge in [-0.25, -0.2) is 4.39 Å². The van der Waals surface area contributed by atoms with Crippen molar-refractivity contribution in [3.63, 3.8) is 0 Å². The summed E-state index contributed by atoms with van der Waals surface area (Å²) < 4.78 is 30.6. The number of carbonyl (C=O) groups excluding carboxylic acids is 1. The van der Waals surface area contributed by atoms with Gasteiger partial charge in [0, 0.05) is 6.54 Å². The Morgan fingerprint density at radius 1 is 0.941 bits per heavy atom. The molecule has 34 heavy (non-hydrogen) atoms. The Hall–Kier alpha value is -4.13. The lowest BCUT2D eigenvalue weighted by Crippen LogP contribution is -2.29. The third kappa shape index (κ3) is 3.08. The molecule has 3 aromatic carbocycles. The second kappa shape index (κ2) is 7.45. The molecule has 2 aliphatic rings. The maximum absolute atomic E-state index is 13.7. The van der Waals surface area contributed by atoms with E-state index in [9.17, 15) is 14.0 Å². The van der Waals surface area contributed by atoms with Crippen LogP contribution in [0.3, 0.4) is 0 Å². The second-order valence-corrected chi connectivity index (χ2v) is 8.68. The van der Waals surface area contributed by atoms with Crippen LogP contribution in [-0.2, 0) is 6.54 Å². The Bertz CT molecular complexity index is 1540. The van der Waals surface area contributed by atoms with Crippen molar-refractivity contribution in [2.75, 3.05) is 6.79 Å². The maximum Gasteiger partial charge on any atom is 0.291 e. The molecule has 1 aromatic heterocycles. The average molecular weight is 457 g/mol. The van der Waals surface area contributed by atoms with Crippen LogP contribution in [0.25, 0.3) is 11.0 Å². The molecule has 7 heteroatoms. The number of hydrogen-bond donors (Lipinski definition) is 0. The first-order chi connectivity index (χ1) is 16.4. The highest BCUT2D eigenvalue weighted by Crippen LogP contribution is 2.40. The van der Waals surface area contributed by atoms with E-state index < -0.39 is 11.9 Å². The van der Waals surface area contributed by atoms with E-state index in [-0.39, 0.29) is 36.0 Å². The molecule has 2 aliphatic heterocycles. The molecule has 0 bridgehead atoms. The highest BCUT2D eigenvalue weighted by Gasteiger charge is 2.42. The van der Waals surface area contributed by atoms with Crippen molar-refractivity contribution >= 4 is 16.9 Å². The van der Waals surface area contributed by atoms with E-state index in [1.807, 2.05) is 26.0 Å². The van der Waals surface area contributed by atoms with Crippen LogP contribution in [0.15, 0.2) is 63.8 Å². The highest BCUT2D eigenvalue weighted by molar-refractivity contribution is 5.99. The quantitative estimate of drug-likeness (QED) is 0.432. The fourth-order valence-electron chi connectivity index (χ4n) is 4.67. The number of hydrogen-bond acceptors (Lipinski definition) is 5. The Kier molecular flexibility index (Phi) is 4.49. The number of nitrogens with zero attached hydrogens (tertiary/aromatic N) is 1. The predicted molar refractivity (Wildman–Crippen MR) is 123 cm³/mol. The summed E-state index contributed by atoms with van der Waals surface area (Å²) in [6, 6.07) is 14.2. The number of ether oxygens (including phenoxy) is 2. The SMILES string of the molecule is Cc1cc2oc3c(c(=O)c2cc1C)C(c1ccc(F)cc1)N(Cc1ccc2c(c1)OCO2)C3=O. The van der Waals surface area contributed by atoms with Gasteiger partial charge in [-0.3, -0.25) is 9.59 Å². The molecule has 0 N–H and O–H groups in total. The summed E-state index contributed by atoms with van der Waals surface area (Å²) in [5.74, 6) is 0.483. The maximum atomic E-state index is 13.7. The molecule has 1 atom stereocenters. The van der Waals surface area contributed by atoms with Crippen molar-refractivity contribution in [3.8, 4) is 11.5 Å². The number of aryl methyl sites for hydroxylation is 2. The molecule has 0 spiro atoms. The fraction of sp³-hybridized carbons (Fsp3) is 0.185. The summed E-state index contributed by atoms with van der Waals surface area (Å²) in [4.78, 5) is 28.9. The predicted octanol–water partition coefficient (Wildman–Crippen LogP) is 5.02. The van der Waals surface area contributed by atoms with Crippen molar-refractivity contribution in [2.45, 2.75) is 26.4 Å². The molecule has 1 unspecified atom stereocenters. The molecule has 1 amide bonds. The zero-order valence-electron chi connectivity index (χ0n) is 18.6. The van der Waals surface area contributed by atoms with E-state index in [0.29, 0.717) is 28.0 Å². The zero-order chi connectivity index (χ0) is 23.6. The molecule has 0 saturated heterocycles. The molecule has 170 valence electrons. The normalized spacial score (nSPS) is 16.4. The van der Waals surface area contributed by atoms with Crippen molar-refractivity contribution in [2.24, 2.45) is 0 Å². The van der Waals surface area contributed by atoms with Gasteiger partial charge < -0.3 is 18.8 Å². The summed E-state index contributed by atoms with van der Waals surface area (Å²) in [5.41, 5.74) is 3.75. The summed E-state index contributed by atoms with van der Waals surface area (Å²) in [5, 5.41) is 0.423. The number of carbonyl (C=O) groups is 1. The van der Waals surface area contributed by atoms with E-state index in [1.165, 1.54) is 12.1 Å². The minimum absolute atomic E-state index is 0.0239. The molecular weight excluding hydrogens is 437 g/mol. The van der Waals surface area contributed by atoms with Gasteiger partial charge in [0.1, 0.15) is 11.4 Å². The lowest BCUT2D eigenvalue weighted by Gasteiger charge is -2.25. The number of amides is 1. The molecule has 0 saturated carbocycles. The van der Waals surface area contributed by atoms with Crippen molar-refractivity contribution in [1.29, 1.82) is 0 Å². The topological polar surface area (TPSA) is 69.0 Å². The van der Waals surface area contributed by atoms with E-state index >= 15 is 0 Å². The van der Waals surface area contributed by atoms with E-state index in [0.717, 1.165) is 16.7 Å². The second-order valence-electron chi connectivity index (χ2n) is 8.68. The van der Waals surface area contributed by atoms with Crippen LogP contribution in [0.4, 0.5) is 4.39 Å². The Morgan fingerprint density at radius 2 is 1.68 bits per heavy atom.